The Hall–Kier alpha value is -3.18. The highest BCUT2D eigenvalue weighted by atomic mass is 19.4. The summed E-state index contributed by atoms with van der Waals surface area (Å²) in [6.07, 6.45) is -3.45. The van der Waals surface area contributed by atoms with Gasteiger partial charge >= 0.3 is 6.18 Å². The zero-order valence-corrected chi connectivity index (χ0v) is 19.4. The van der Waals surface area contributed by atoms with E-state index in [0.29, 0.717) is 24.0 Å². The van der Waals surface area contributed by atoms with Crippen molar-refractivity contribution in [1.82, 2.24) is 10.6 Å². The van der Waals surface area contributed by atoms with Crippen molar-refractivity contribution in [2.75, 3.05) is 0 Å². The number of carbonyl (C=O) groups is 2. The molecule has 2 N–H and O–H groups in total. The van der Waals surface area contributed by atoms with E-state index in [-0.39, 0.29) is 23.7 Å². The van der Waals surface area contributed by atoms with Gasteiger partial charge in [0.1, 0.15) is 11.6 Å². The van der Waals surface area contributed by atoms with Crippen molar-refractivity contribution in [3.05, 3.63) is 59.7 Å². The molecule has 3 rings (SSSR count). The van der Waals surface area contributed by atoms with Gasteiger partial charge in [-0.25, -0.2) is 0 Å². The fourth-order valence-corrected chi connectivity index (χ4v) is 3.80. The van der Waals surface area contributed by atoms with Crippen LogP contribution in [0.25, 0.3) is 11.1 Å². The first-order valence-corrected chi connectivity index (χ1v) is 11.2. The van der Waals surface area contributed by atoms with Crippen LogP contribution in [0.15, 0.2) is 48.5 Å². The topological polar surface area (TPSA) is 82.0 Å². The van der Waals surface area contributed by atoms with Crippen LogP contribution in [0.5, 0.6) is 0 Å². The lowest BCUT2D eigenvalue weighted by atomic mass is 9.96. The normalized spacial score (nSPS) is 16.4. The molecule has 1 amide bonds. The molecule has 1 aliphatic rings. The lowest BCUT2D eigenvalue weighted by molar-refractivity contribution is -0.161. The monoisotopic (exact) mass is 471 g/mol. The van der Waals surface area contributed by atoms with Crippen LogP contribution in [-0.4, -0.2) is 29.4 Å². The van der Waals surface area contributed by atoms with Crippen molar-refractivity contribution in [2.45, 2.75) is 63.8 Å². The minimum absolute atomic E-state index is 0.0260. The third-order valence-electron chi connectivity index (χ3n) is 5.89. The summed E-state index contributed by atoms with van der Waals surface area (Å²) in [5.74, 6) is -0.733. The summed E-state index contributed by atoms with van der Waals surface area (Å²) in [4.78, 5) is 24.4. The van der Waals surface area contributed by atoms with Gasteiger partial charge in [-0.1, -0.05) is 56.3 Å². The van der Waals surface area contributed by atoms with Crippen LogP contribution in [0.4, 0.5) is 13.2 Å². The molecular weight excluding hydrogens is 443 g/mol. The summed E-state index contributed by atoms with van der Waals surface area (Å²) in [5, 5.41) is 14.4. The lowest BCUT2D eigenvalue weighted by Gasteiger charge is -2.29. The first-order chi connectivity index (χ1) is 15.9. The van der Waals surface area contributed by atoms with Gasteiger partial charge in [-0.05, 0) is 54.9 Å². The number of halogens is 3. The van der Waals surface area contributed by atoms with E-state index in [0.717, 1.165) is 5.56 Å². The van der Waals surface area contributed by atoms with Crippen LogP contribution in [0.3, 0.4) is 0 Å². The summed E-state index contributed by atoms with van der Waals surface area (Å²) in [7, 11) is 0. The van der Waals surface area contributed by atoms with Crippen LogP contribution >= 0.6 is 0 Å². The van der Waals surface area contributed by atoms with E-state index < -0.39 is 29.7 Å². The Morgan fingerprint density at radius 1 is 1.09 bits per heavy atom. The Balaban J connectivity index is 1.85. The zero-order valence-electron chi connectivity index (χ0n) is 19.4. The number of Topliss-reactive ketones (excluding diaryl/α,β-unsaturated/α-hetero) is 1. The third-order valence-corrected chi connectivity index (χ3v) is 5.89. The molecule has 0 unspecified atom stereocenters. The molecule has 2 aromatic carbocycles. The van der Waals surface area contributed by atoms with Gasteiger partial charge in [-0.15, -0.1) is 0 Å². The highest BCUT2D eigenvalue weighted by Crippen LogP contribution is 2.36. The lowest BCUT2D eigenvalue weighted by Crippen LogP contribution is -2.52. The zero-order chi connectivity index (χ0) is 25.1. The predicted molar refractivity (Wildman–Crippen MR) is 123 cm³/mol. The van der Waals surface area contributed by atoms with Gasteiger partial charge in [0.05, 0.1) is 12.1 Å². The van der Waals surface area contributed by atoms with E-state index >= 15 is 0 Å². The Kier molecular flexibility index (Phi) is 7.47. The van der Waals surface area contributed by atoms with Crippen LogP contribution in [0.2, 0.25) is 0 Å². The Bertz CT molecular complexity index is 1080. The number of rotatable bonds is 9. The van der Waals surface area contributed by atoms with E-state index in [2.05, 4.69) is 10.6 Å². The Morgan fingerprint density at radius 3 is 2.24 bits per heavy atom. The molecule has 0 aliphatic heterocycles. The van der Waals surface area contributed by atoms with Crippen molar-refractivity contribution in [3.8, 4) is 17.2 Å². The van der Waals surface area contributed by atoms with Gasteiger partial charge in [-0.2, -0.15) is 18.4 Å². The quantitative estimate of drug-likeness (QED) is 0.484. The van der Waals surface area contributed by atoms with Crippen molar-refractivity contribution in [1.29, 1.82) is 5.26 Å². The molecule has 0 radical (unpaired) electrons. The number of hydrogen-bond donors (Lipinski definition) is 2. The largest absolute Gasteiger partial charge is 0.407 e. The molecule has 0 bridgehead atoms. The summed E-state index contributed by atoms with van der Waals surface area (Å²) >= 11 is 0. The van der Waals surface area contributed by atoms with Crippen molar-refractivity contribution < 1.29 is 22.8 Å². The van der Waals surface area contributed by atoms with Gasteiger partial charge in [0.2, 0.25) is 5.91 Å². The second-order valence-electron chi connectivity index (χ2n) is 9.27. The minimum Gasteiger partial charge on any atom is -0.336 e. The highest BCUT2D eigenvalue weighted by Gasteiger charge is 2.47. The molecule has 8 heteroatoms. The van der Waals surface area contributed by atoms with Crippen LogP contribution in [-0.2, 0) is 4.79 Å². The number of carbonyl (C=O) groups excluding carboxylic acids is 2. The predicted octanol–water partition coefficient (Wildman–Crippen LogP) is 5.34. The average molecular weight is 472 g/mol. The molecule has 1 fully saturated rings. The van der Waals surface area contributed by atoms with E-state index in [1.54, 1.807) is 36.4 Å². The standard InChI is InChI=1S/C26H28F3N3O2/c1-16(2)13-22(24(34)32-25(15-30)11-12-25)31-23(26(27,28)29)19-9-7-18(8-10-19)21-6-4-5-20(14-21)17(3)33/h4-10,14,16,22-23,31H,11-13H2,1-3H3,(H,32,34)/t22-,23-/m0/s1. The molecule has 34 heavy (non-hydrogen) atoms. The molecule has 0 aromatic heterocycles. The van der Waals surface area contributed by atoms with Gasteiger partial charge in [0, 0.05) is 5.56 Å². The van der Waals surface area contributed by atoms with Crippen LogP contribution in [0, 0.1) is 17.2 Å². The smallest absolute Gasteiger partial charge is 0.336 e. The van der Waals surface area contributed by atoms with Crippen molar-refractivity contribution in [3.63, 3.8) is 0 Å². The molecule has 1 aliphatic carbocycles. The number of nitrogens with one attached hydrogen (secondary N) is 2. The van der Waals surface area contributed by atoms with Crippen LogP contribution in [0.1, 0.15) is 62.0 Å². The molecule has 2 aromatic rings. The van der Waals surface area contributed by atoms with E-state index in [1.807, 2.05) is 19.9 Å². The van der Waals surface area contributed by atoms with Gasteiger partial charge in [-0.3, -0.25) is 14.9 Å². The number of amides is 1. The number of nitrogens with zero attached hydrogens (tertiary/aromatic N) is 1. The maximum absolute atomic E-state index is 14.1. The fraction of sp³-hybridized carbons (Fsp3) is 0.423. The number of alkyl halides is 3. The fourth-order valence-electron chi connectivity index (χ4n) is 3.80. The molecular formula is C26H28F3N3O2. The second kappa shape index (κ2) is 9.98. The summed E-state index contributed by atoms with van der Waals surface area (Å²) < 4.78 is 42.2. The Labute approximate surface area is 197 Å². The molecule has 0 heterocycles. The number of nitriles is 1. The van der Waals surface area contributed by atoms with E-state index in [1.165, 1.54) is 19.1 Å². The van der Waals surface area contributed by atoms with E-state index in [4.69, 9.17) is 0 Å². The molecule has 1 saturated carbocycles. The van der Waals surface area contributed by atoms with E-state index in [9.17, 15) is 28.0 Å². The van der Waals surface area contributed by atoms with Gasteiger partial charge in [0.25, 0.3) is 0 Å². The summed E-state index contributed by atoms with van der Waals surface area (Å²) in [6.45, 7) is 5.10. The second-order valence-corrected chi connectivity index (χ2v) is 9.27. The highest BCUT2D eigenvalue weighted by molar-refractivity contribution is 5.95. The molecule has 2 atom stereocenters. The third kappa shape index (κ3) is 6.23. The Morgan fingerprint density at radius 2 is 1.74 bits per heavy atom. The molecule has 0 spiro atoms. The van der Waals surface area contributed by atoms with Gasteiger partial charge in [0.15, 0.2) is 5.78 Å². The molecule has 0 saturated heterocycles. The average Bonchev–Trinajstić information content (AvgIpc) is 3.55. The first-order valence-electron chi connectivity index (χ1n) is 11.2. The summed E-state index contributed by atoms with van der Waals surface area (Å²) in [5.41, 5.74) is 0.928. The van der Waals surface area contributed by atoms with Crippen molar-refractivity contribution >= 4 is 11.7 Å². The number of benzene rings is 2. The molecule has 180 valence electrons. The SMILES string of the molecule is CC(=O)c1cccc(-c2ccc([C@H](N[C@@H](CC(C)C)C(=O)NC3(C#N)CC3)C(F)(F)F)cc2)c1. The van der Waals surface area contributed by atoms with Gasteiger partial charge < -0.3 is 5.32 Å². The van der Waals surface area contributed by atoms with Crippen molar-refractivity contribution in [2.24, 2.45) is 5.92 Å². The maximum atomic E-state index is 14.1. The maximum Gasteiger partial charge on any atom is 0.407 e. The number of ketones is 1. The molecule has 5 nitrogen and oxygen atoms in total. The summed E-state index contributed by atoms with van der Waals surface area (Å²) in [6, 6.07) is 11.7. The number of hydrogen-bond acceptors (Lipinski definition) is 4. The minimum atomic E-state index is -4.64. The first kappa shape index (κ1) is 25.4. The van der Waals surface area contributed by atoms with Crippen LogP contribution < -0.4 is 10.6 Å².